The van der Waals surface area contributed by atoms with Gasteiger partial charge in [-0.15, -0.1) is 11.8 Å². The second kappa shape index (κ2) is 8.84. The molecule has 1 aromatic rings. The first-order chi connectivity index (χ1) is 9.54. The number of carboxylic acids is 1. The van der Waals surface area contributed by atoms with Gasteiger partial charge in [0.2, 0.25) is 5.91 Å². The van der Waals surface area contributed by atoms with Crippen LogP contribution in [0.15, 0.2) is 23.1 Å². The van der Waals surface area contributed by atoms with Crippen molar-refractivity contribution in [2.24, 2.45) is 0 Å². The summed E-state index contributed by atoms with van der Waals surface area (Å²) in [7, 11) is 1.61. The van der Waals surface area contributed by atoms with Crippen molar-refractivity contribution in [1.29, 1.82) is 0 Å². The molecule has 0 aliphatic rings. The molecule has 0 aliphatic carbocycles. The highest BCUT2D eigenvalue weighted by Gasteiger charge is 2.10. The quantitative estimate of drug-likeness (QED) is 0.568. The van der Waals surface area contributed by atoms with Crippen LogP contribution in [0, 0.1) is 0 Å². The number of hydrogen-bond acceptors (Lipinski definition) is 4. The fraction of sp³-hybridized carbons (Fsp3) is 0.385. The molecule has 7 heteroatoms. The molecule has 1 amide bonds. The Morgan fingerprint density at radius 3 is 2.85 bits per heavy atom. The van der Waals surface area contributed by atoms with Crippen molar-refractivity contribution in [2.45, 2.75) is 11.3 Å². The Balaban J connectivity index is 2.43. The lowest BCUT2D eigenvalue weighted by molar-refractivity contribution is -0.118. The predicted molar refractivity (Wildman–Crippen MR) is 78.6 cm³/mol. The van der Waals surface area contributed by atoms with E-state index in [-0.39, 0.29) is 22.2 Å². The lowest BCUT2D eigenvalue weighted by Gasteiger charge is -2.06. The van der Waals surface area contributed by atoms with Crippen LogP contribution >= 0.6 is 23.4 Å². The van der Waals surface area contributed by atoms with Gasteiger partial charge in [0, 0.05) is 25.2 Å². The zero-order chi connectivity index (χ0) is 15.0. The van der Waals surface area contributed by atoms with E-state index < -0.39 is 5.97 Å². The Morgan fingerprint density at radius 1 is 1.45 bits per heavy atom. The number of nitrogens with one attached hydrogen (secondary N) is 1. The van der Waals surface area contributed by atoms with E-state index >= 15 is 0 Å². The maximum atomic E-state index is 11.6. The van der Waals surface area contributed by atoms with Crippen molar-refractivity contribution in [1.82, 2.24) is 5.32 Å². The van der Waals surface area contributed by atoms with E-state index in [9.17, 15) is 9.59 Å². The minimum absolute atomic E-state index is 0.0390. The van der Waals surface area contributed by atoms with E-state index in [0.29, 0.717) is 18.0 Å². The van der Waals surface area contributed by atoms with Crippen LogP contribution in [0.1, 0.15) is 16.8 Å². The fourth-order valence-corrected chi connectivity index (χ4v) is 2.37. The van der Waals surface area contributed by atoms with Gasteiger partial charge in [-0.1, -0.05) is 11.6 Å². The molecule has 110 valence electrons. The molecule has 0 unspecified atom stereocenters. The average Bonchev–Trinajstić information content (AvgIpc) is 2.42. The van der Waals surface area contributed by atoms with Gasteiger partial charge in [0.15, 0.2) is 0 Å². The molecular weight excluding hydrogens is 302 g/mol. The zero-order valence-electron chi connectivity index (χ0n) is 11.0. The highest BCUT2D eigenvalue weighted by atomic mass is 35.5. The molecule has 0 heterocycles. The summed E-state index contributed by atoms with van der Waals surface area (Å²) in [5.74, 6) is -0.951. The summed E-state index contributed by atoms with van der Waals surface area (Å²) < 4.78 is 4.88. The van der Waals surface area contributed by atoms with Gasteiger partial charge < -0.3 is 15.2 Å². The highest BCUT2D eigenvalue weighted by Crippen LogP contribution is 2.24. The second-order valence-electron chi connectivity index (χ2n) is 3.93. The molecule has 20 heavy (non-hydrogen) atoms. The summed E-state index contributed by atoms with van der Waals surface area (Å²) in [5, 5.41) is 11.9. The Kier molecular flexibility index (Phi) is 7.43. The molecule has 5 nitrogen and oxygen atoms in total. The van der Waals surface area contributed by atoms with Gasteiger partial charge in [-0.05, 0) is 24.6 Å². The van der Waals surface area contributed by atoms with Gasteiger partial charge in [-0.3, -0.25) is 4.79 Å². The first-order valence-electron chi connectivity index (χ1n) is 5.96. The van der Waals surface area contributed by atoms with Crippen LogP contribution in [0.3, 0.4) is 0 Å². The first kappa shape index (κ1) is 16.8. The Hall–Kier alpha value is -1.24. The lowest BCUT2D eigenvalue weighted by Crippen LogP contribution is -2.26. The number of aromatic carboxylic acids is 1. The summed E-state index contributed by atoms with van der Waals surface area (Å²) >= 11 is 7.04. The summed E-state index contributed by atoms with van der Waals surface area (Å²) in [6.07, 6.45) is 0.761. The number of carbonyl (C=O) groups excluding carboxylic acids is 1. The number of hydrogen-bond donors (Lipinski definition) is 2. The Morgan fingerprint density at radius 2 is 2.20 bits per heavy atom. The SMILES string of the molecule is COCCCNC(=O)CSc1ccc(Cl)c(C(=O)O)c1. The number of benzene rings is 1. The van der Waals surface area contributed by atoms with Crippen LogP contribution in [-0.4, -0.2) is 43.0 Å². The van der Waals surface area contributed by atoms with Crippen LogP contribution in [-0.2, 0) is 9.53 Å². The molecule has 0 aromatic heterocycles. The average molecular weight is 318 g/mol. The van der Waals surface area contributed by atoms with Crippen molar-refractivity contribution in [3.63, 3.8) is 0 Å². The number of carbonyl (C=O) groups is 2. The molecule has 1 rings (SSSR count). The number of amides is 1. The van der Waals surface area contributed by atoms with E-state index in [2.05, 4.69) is 5.32 Å². The normalized spacial score (nSPS) is 10.3. The van der Waals surface area contributed by atoms with E-state index in [1.807, 2.05) is 0 Å². The molecule has 2 N–H and O–H groups in total. The van der Waals surface area contributed by atoms with Crippen LogP contribution < -0.4 is 5.32 Å². The van der Waals surface area contributed by atoms with Crippen molar-refractivity contribution in [3.05, 3.63) is 28.8 Å². The summed E-state index contributed by atoms with van der Waals surface area (Å²) in [5.41, 5.74) is 0.0390. The third-order valence-electron chi connectivity index (χ3n) is 2.39. The Labute approximate surface area is 126 Å². The number of methoxy groups -OCH3 is 1. The van der Waals surface area contributed by atoms with E-state index in [1.54, 1.807) is 13.2 Å². The van der Waals surface area contributed by atoms with Gasteiger partial charge in [-0.25, -0.2) is 4.79 Å². The van der Waals surface area contributed by atoms with Gasteiger partial charge in [0.25, 0.3) is 0 Å². The van der Waals surface area contributed by atoms with Crippen LogP contribution in [0.5, 0.6) is 0 Å². The van der Waals surface area contributed by atoms with Crippen LogP contribution in [0.25, 0.3) is 0 Å². The van der Waals surface area contributed by atoms with E-state index in [0.717, 1.165) is 6.42 Å². The third kappa shape index (κ3) is 5.81. The number of halogens is 1. The van der Waals surface area contributed by atoms with Crippen LogP contribution in [0.4, 0.5) is 0 Å². The van der Waals surface area contributed by atoms with Crippen molar-refractivity contribution < 1.29 is 19.4 Å². The molecule has 0 atom stereocenters. The van der Waals surface area contributed by atoms with Gasteiger partial charge >= 0.3 is 5.97 Å². The minimum Gasteiger partial charge on any atom is -0.478 e. The summed E-state index contributed by atoms with van der Waals surface area (Å²) in [6.45, 7) is 1.17. The zero-order valence-corrected chi connectivity index (χ0v) is 12.6. The predicted octanol–water partition coefficient (Wildman–Crippen LogP) is 2.28. The van der Waals surface area contributed by atoms with Gasteiger partial charge in [0.1, 0.15) is 0 Å². The monoisotopic (exact) mass is 317 g/mol. The Bertz CT molecular complexity index is 481. The second-order valence-corrected chi connectivity index (χ2v) is 5.39. The molecule has 1 aromatic carbocycles. The van der Waals surface area contributed by atoms with Crippen LogP contribution in [0.2, 0.25) is 5.02 Å². The maximum absolute atomic E-state index is 11.6. The molecule has 0 radical (unpaired) electrons. The first-order valence-corrected chi connectivity index (χ1v) is 7.32. The minimum atomic E-state index is -1.08. The smallest absolute Gasteiger partial charge is 0.337 e. The molecule has 0 aliphatic heterocycles. The summed E-state index contributed by atoms with van der Waals surface area (Å²) in [6, 6.07) is 4.68. The summed E-state index contributed by atoms with van der Waals surface area (Å²) in [4.78, 5) is 23.2. The lowest BCUT2D eigenvalue weighted by atomic mass is 10.2. The third-order valence-corrected chi connectivity index (χ3v) is 3.71. The molecule has 0 fully saturated rings. The molecular formula is C13H16ClNO4S. The van der Waals surface area contributed by atoms with Crippen molar-refractivity contribution in [2.75, 3.05) is 26.0 Å². The number of rotatable bonds is 8. The largest absolute Gasteiger partial charge is 0.478 e. The number of thioether (sulfide) groups is 1. The van der Waals surface area contributed by atoms with Crippen molar-refractivity contribution in [3.8, 4) is 0 Å². The molecule has 0 saturated heterocycles. The topological polar surface area (TPSA) is 75.6 Å². The highest BCUT2D eigenvalue weighted by molar-refractivity contribution is 8.00. The maximum Gasteiger partial charge on any atom is 0.337 e. The molecule has 0 bridgehead atoms. The van der Waals surface area contributed by atoms with Gasteiger partial charge in [-0.2, -0.15) is 0 Å². The molecule has 0 saturated carbocycles. The standard InChI is InChI=1S/C13H16ClNO4S/c1-19-6-2-5-15-12(16)8-20-9-3-4-11(14)10(7-9)13(17)18/h3-4,7H,2,5-6,8H2,1H3,(H,15,16)(H,17,18). The van der Waals surface area contributed by atoms with Crippen molar-refractivity contribution >= 4 is 35.2 Å². The molecule has 0 spiro atoms. The van der Waals surface area contributed by atoms with E-state index in [1.165, 1.54) is 23.9 Å². The number of carboxylic acid groups (broad SMARTS) is 1. The number of ether oxygens (including phenoxy) is 1. The van der Waals surface area contributed by atoms with Gasteiger partial charge in [0.05, 0.1) is 16.3 Å². The van der Waals surface area contributed by atoms with E-state index in [4.69, 9.17) is 21.4 Å². The fourth-order valence-electron chi connectivity index (χ4n) is 1.40.